The summed E-state index contributed by atoms with van der Waals surface area (Å²) in [6.07, 6.45) is 0. The van der Waals surface area contributed by atoms with Crippen LogP contribution in [0.5, 0.6) is 0 Å². The van der Waals surface area contributed by atoms with Gasteiger partial charge in [0.15, 0.2) is 0 Å². The highest BCUT2D eigenvalue weighted by atomic mass is 35.5. The molecule has 0 aliphatic heterocycles. The SMILES string of the molecule is CN(Cc1c(F)cccc1Cl)C(=O)NCc1cccs1. The molecule has 0 aliphatic carbocycles. The smallest absolute Gasteiger partial charge is 0.317 e. The zero-order valence-electron chi connectivity index (χ0n) is 10.9. The molecule has 0 saturated carbocycles. The molecule has 0 spiro atoms. The Balaban J connectivity index is 1.94. The molecule has 1 heterocycles. The highest BCUT2D eigenvalue weighted by molar-refractivity contribution is 7.09. The van der Waals surface area contributed by atoms with Crippen molar-refractivity contribution in [3.8, 4) is 0 Å². The first-order valence-electron chi connectivity index (χ1n) is 6.02. The standard InChI is InChI=1S/C14H14ClFN2OS/c1-18(9-11-12(15)5-2-6-13(11)16)14(19)17-8-10-4-3-7-20-10/h2-7H,8-9H2,1H3,(H,17,19). The summed E-state index contributed by atoms with van der Waals surface area (Å²) < 4.78 is 13.6. The highest BCUT2D eigenvalue weighted by Crippen LogP contribution is 2.20. The first-order valence-corrected chi connectivity index (χ1v) is 7.28. The number of hydrogen-bond donors (Lipinski definition) is 1. The average molecular weight is 313 g/mol. The molecule has 0 saturated heterocycles. The first-order chi connectivity index (χ1) is 9.58. The third kappa shape index (κ3) is 3.71. The summed E-state index contributed by atoms with van der Waals surface area (Å²) in [6, 6.07) is 8.08. The van der Waals surface area contributed by atoms with Crippen molar-refractivity contribution in [1.29, 1.82) is 0 Å². The van der Waals surface area contributed by atoms with E-state index >= 15 is 0 Å². The van der Waals surface area contributed by atoms with Gasteiger partial charge in [-0.25, -0.2) is 9.18 Å². The molecule has 2 rings (SSSR count). The van der Waals surface area contributed by atoms with Gasteiger partial charge in [0, 0.05) is 22.5 Å². The summed E-state index contributed by atoms with van der Waals surface area (Å²) in [5, 5.41) is 5.05. The van der Waals surface area contributed by atoms with Gasteiger partial charge >= 0.3 is 6.03 Å². The van der Waals surface area contributed by atoms with Crippen LogP contribution in [0.1, 0.15) is 10.4 Å². The van der Waals surface area contributed by atoms with Crippen molar-refractivity contribution >= 4 is 29.0 Å². The van der Waals surface area contributed by atoms with Crippen LogP contribution in [0.4, 0.5) is 9.18 Å². The second-order valence-electron chi connectivity index (χ2n) is 4.29. The van der Waals surface area contributed by atoms with Crippen molar-refractivity contribution in [3.05, 3.63) is 57.0 Å². The van der Waals surface area contributed by atoms with E-state index in [2.05, 4.69) is 5.32 Å². The molecule has 0 unspecified atom stereocenters. The average Bonchev–Trinajstić information content (AvgIpc) is 2.93. The Hall–Kier alpha value is -1.59. The summed E-state index contributed by atoms with van der Waals surface area (Å²) >= 11 is 7.51. The first kappa shape index (κ1) is 14.8. The van der Waals surface area contributed by atoms with Gasteiger partial charge < -0.3 is 10.2 Å². The number of nitrogens with zero attached hydrogens (tertiary/aromatic N) is 1. The maximum Gasteiger partial charge on any atom is 0.317 e. The molecule has 20 heavy (non-hydrogen) atoms. The minimum atomic E-state index is -0.407. The summed E-state index contributed by atoms with van der Waals surface area (Å²) in [6.45, 7) is 0.591. The Labute approximate surface area is 126 Å². The molecule has 3 nitrogen and oxygen atoms in total. The number of carbonyl (C=O) groups is 1. The molecule has 2 amide bonds. The fraction of sp³-hybridized carbons (Fsp3) is 0.214. The highest BCUT2D eigenvalue weighted by Gasteiger charge is 2.13. The maximum atomic E-state index is 13.6. The molecule has 0 aliphatic rings. The van der Waals surface area contributed by atoms with Crippen molar-refractivity contribution in [1.82, 2.24) is 10.2 Å². The Morgan fingerprint density at radius 3 is 2.85 bits per heavy atom. The van der Waals surface area contributed by atoms with Crippen LogP contribution in [0.15, 0.2) is 35.7 Å². The third-order valence-electron chi connectivity index (χ3n) is 2.80. The van der Waals surface area contributed by atoms with Gasteiger partial charge in [-0.2, -0.15) is 0 Å². The van der Waals surface area contributed by atoms with E-state index in [0.29, 0.717) is 17.1 Å². The summed E-state index contributed by atoms with van der Waals surface area (Å²) in [5.74, 6) is -0.407. The molecule has 0 radical (unpaired) electrons. The van der Waals surface area contributed by atoms with Gasteiger partial charge in [0.05, 0.1) is 13.1 Å². The number of hydrogen-bond acceptors (Lipinski definition) is 2. The van der Waals surface area contributed by atoms with Crippen LogP contribution in [0.3, 0.4) is 0 Å². The summed E-state index contributed by atoms with van der Waals surface area (Å²) in [4.78, 5) is 14.4. The van der Waals surface area contributed by atoms with Gasteiger partial charge in [-0.05, 0) is 23.6 Å². The van der Waals surface area contributed by atoms with E-state index in [4.69, 9.17) is 11.6 Å². The van der Waals surface area contributed by atoms with Gasteiger partial charge in [-0.1, -0.05) is 23.7 Å². The molecular formula is C14H14ClFN2OS. The van der Waals surface area contributed by atoms with Crippen molar-refractivity contribution in [2.45, 2.75) is 13.1 Å². The van der Waals surface area contributed by atoms with E-state index in [1.54, 1.807) is 24.5 Å². The number of benzene rings is 1. The second kappa shape index (κ2) is 6.72. The third-order valence-corrected chi connectivity index (χ3v) is 4.03. The fourth-order valence-electron chi connectivity index (χ4n) is 1.70. The lowest BCUT2D eigenvalue weighted by molar-refractivity contribution is 0.206. The zero-order chi connectivity index (χ0) is 14.5. The Morgan fingerprint density at radius 2 is 2.20 bits per heavy atom. The van der Waals surface area contributed by atoms with Crippen molar-refractivity contribution < 1.29 is 9.18 Å². The topological polar surface area (TPSA) is 32.3 Å². The largest absolute Gasteiger partial charge is 0.333 e. The van der Waals surface area contributed by atoms with Crippen molar-refractivity contribution in [3.63, 3.8) is 0 Å². The number of rotatable bonds is 4. The molecule has 0 fully saturated rings. The van der Waals surface area contributed by atoms with E-state index < -0.39 is 5.82 Å². The van der Waals surface area contributed by atoms with Gasteiger partial charge in [-0.3, -0.25) is 0 Å². The molecule has 1 aromatic heterocycles. The maximum absolute atomic E-state index is 13.6. The van der Waals surface area contributed by atoms with Crippen LogP contribution < -0.4 is 5.32 Å². The Morgan fingerprint density at radius 1 is 1.40 bits per heavy atom. The lowest BCUT2D eigenvalue weighted by atomic mass is 10.2. The molecule has 0 atom stereocenters. The number of urea groups is 1. The van der Waals surface area contributed by atoms with Gasteiger partial charge in [0.1, 0.15) is 5.82 Å². The number of thiophene rings is 1. The second-order valence-corrected chi connectivity index (χ2v) is 5.73. The zero-order valence-corrected chi connectivity index (χ0v) is 12.5. The normalized spacial score (nSPS) is 10.3. The summed E-state index contributed by atoms with van der Waals surface area (Å²) in [5.41, 5.74) is 0.322. The monoisotopic (exact) mass is 312 g/mol. The summed E-state index contributed by atoms with van der Waals surface area (Å²) in [7, 11) is 1.60. The van der Waals surface area contributed by atoms with E-state index in [1.165, 1.54) is 17.0 Å². The van der Waals surface area contributed by atoms with E-state index in [-0.39, 0.29) is 12.6 Å². The minimum Gasteiger partial charge on any atom is -0.333 e. The van der Waals surface area contributed by atoms with Gasteiger partial charge in [0.25, 0.3) is 0 Å². The van der Waals surface area contributed by atoms with Crippen molar-refractivity contribution in [2.75, 3.05) is 7.05 Å². The molecule has 1 aromatic carbocycles. The van der Waals surface area contributed by atoms with Crippen LogP contribution in [0.25, 0.3) is 0 Å². The van der Waals surface area contributed by atoms with Gasteiger partial charge in [-0.15, -0.1) is 11.3 Å². The number of halogens is 2. The van der Waals surface area contributed by atoms with Crippen LogP contribution in [-0.2, 0) is 13.1 Å². The molecule has 2 aromatic rings. The predicted octanol–water partition coefficient (Wildman–Crippen LogP) is 3.88. The van der Waals surface area contributed by atoms with Crippen molar-refractivity contribution in [2.24, 2.45) is 0 Å². The Bertz CT molecular complexity index is 569. The predicted molar refractivity (Wildman–Crippen MR) is 79.4 cm³/mol. The number of nitrogens with one attached hydrogen (secondary N) is 1. The quantitative estimate of drug-likeness (QED) is 0.913. The fourth-order valence-corrected chi connectivity index (χ4v) is 2.57. The Kier molecular flexibility index (Phi) is 4.98. The minimum absolute atomic E-state index is 0.127. The number of carbonyl (C=O) groups excluding carboxylic acids is 1. The van der Waals surface area contributed by atoms with Crippen LogP contribution in [-0.4, -0.2) is 18.0 Å². The molecule has 106 valence electrons. The van der Waals surface area contributed by atoms with Crippen LogP contribution >= 0.6 is 22.9 Å². The molecule has 0 bridgehead atoms. The van der Waals surface area contributed by atoms with Crippen LogP contribution in [0, 0.1) is 5.82 Å². The van der Waals surface area contributed by atoms with Crippen LogP contribution in [0.2, 0.25) is 5.02 Å². The van der Waals surface area contributed by atoms with E-state index in [9.17, 15) is 9.18 Å². The van der Waals surface area contributed by atoms with Gasteiger partial charge in [0.2, 0.25) is 0 Å². The number of amides is 2. The molecule has 1 N–H and O–H groups in total. The lowest BCUT2D eigenvalue weighted by Crippen LogP contribution is -2.36. The van der Waals surface area contributed by atoms with E-state index in [0.717, 1.165) is 4.88 Å². The van der Waals surface area contributed by atoms with E-state index in [1.807, 2.05) is 17.5 Å². The molecular weight excluding hydrogens is 299 g/mol. The lowest BCUT2D eigenvalue weighted by Gasteiger charge is -2.18. The molecule has 6 heteroatoms.